The van der Waals surface area contributed by atoms with E-state index in [0.717, 1.165) is 5.69 Å². The van der Waals surface area contributed by atoms with Crippen molar-refractivity contribution in [1.29, 1.82) is 0 Å². The molecule has 0 bridgehead atoms. The number of carbonyl (C=O) groups is 2. The number of hydrogen-bond acceptors (Lipinski definition) is 5. The van der Waals surface area contributed by atoms with Gasteiger partial charge in [-0.05, 0) is 5.92 Å². The molecule has 2 heterocycles. The number of rotatable bonds is 2. The first-order valence-corrected chi connectivity index (χ1v) is 5.24. The van der Waals surface area contributed by atoms with E-state index in [1.165, 1.54) is 0 Å². The van der Waals surface area contributed by atoms with Crippen molar-refractivity contribution in [1.82, 2.24) is 5.16 Å². The van der Waals surface area contributed by atoms with Gasteiger partial charge >= 0.3 is 5.97 Å². The van der Waals surface area contributed by atoms with Gasteiger partial charge in [-0.15, -0.1) is 0 Å². The van der Waals surface area contributed by atoms with E-state index in [2.05, 4.69) is 5.16 Å². The van der Waals surface area contributed by atoms with Gasteiger partial charge in [0.05, 0.1) is 12.1 Å². The van der Waals surface area contributed by atoms with Gasteiger partial charge < -0.3 is 9.26 Å². The molecule has 0 saturated carbocycles. The molecule has 1 aromatic rings. The molecule has 1 fully saturated rings. The summed E-state index contributed by atoms with van der Waals surface area (Å²) in [6.07, 6.45) is -0.561. The minimum atomic E-state index is -0.603. The maximum absolute atomic E-state index is 11.2. The molecule has 2 rings (SSSR count). The lowest BCUT2D eigenvalue weighted by Crippen LogP contribution is -2.23. The van der Waals surface area contributed by atoms with Crippen LogP contribution in [0.1, 0.15) is 50.2 Å². The normalized spacial score (nSPS) is 21.3. The first-order valence-electron chi connectivity index (χ1n) is 5.24. The van der Waals surface area contributed by atoms with Gasteiger partial charge in [-0.2, -0.15) is 0 Å². The van der Waals surface area contributed by atoms with Crippen molar-refractivity contribution < 1.29 is 18.8 Å². The van der Waals surface area contributed by atoms with Crippen molar-refractivity contribution >= 4 is 11.8 Å². The Morgan fingerprint density at radius 2 is 2.19 bits per heavy atom. The molecular weight excluding hydrogens is 210 g/mol. The Balaban J connectivity index is 2.16. The summed E-state index contributed by atoms with van der Waals surface area (Å²) in [5, 5.41) is 3.86. The highest BCUT2D eigenvalue weighted by Crippen LogP contribution is 2.28. The SMILES string of the molecule is CC(C)c1cc(C2CC(=O)CC(=O)O2)on1. The van der Waals surface area contributed by atoms with Crippen LogP contribution in [0.4, 0.5) is 0 Å². The fourth-order valence-corrected chi connectivity index (χ4v) is 1.57. The molecular formula is C11H13NO4. The molecule has 1 saturated heterocycles. The van der Waals surface area contributed by atoms with Crippen LogP contribution >= 0.6 is 0 Å². The molecule has 1 atom stereocenters. The molecule has 0 amide bonds. The summed E-state index contributed by atoms with van der Waals surface area (Å²) in [6, 6.07) is 1.74. The van der Waals surface area contributed by atoms with Gasteiger partial charge in [0.25, 0.3) is 0 Å². The third kappa shape index (κ3) is 2.13. The van der Waals surface area contributed by atoms with Crippen molar-refractivity contribution in [2.24, 2.45) is 0 Å². The molecule has 5 heteroatoms. The Hall–Kier alpha value is -1.65. The van der Waals surface area contributed by atoms with Crippen LogP contribution in [-0.2, 0) is 14.3 Å². The highest BCUT2D eigenvalue weighted by molar-refractivity contribution is 5.97. The lowest BCUT2D eigenvalue weighted by molar-refractivity contribution is -0.159. The Bertz CT molecular complexity index is 405. The molecule has 0 N–H and O–H groups in total. The van der Waals surface area contributed by atoms with Crippen LogP contribution < -0.4 is 0 Å². The summed E-state index contributed by atoms with van der Waals surface area (Å²) in [4.78, 5) is 22.3. The number of hydrogen-bond donors (Lipinski definition) is 0. The Labute approximate surface area is 92.7 Å². The molecule has 0 spiro atoms. The molecule has 86 valence electrons. The average Bonchev–Trinajstić information content (AvgIpc) is 2.64. The summed E-state index contributed by atoms with van der Waals surface area (Å²) >= 11 is 0. The lowest BCUT2D eigenvalue weighted by Gasteiger charge is -2.18. The number of carbonyl (C=O) groups excluding carboxylic acids is 2. The minimum Gasteiger partial charge on any atom is -0.453 e. The average molecular weight is 223 g/mol. The van der Waals surface area contributed by atoms with Gasteiger partial charge in [-0.3, -0.25) is 9.59 Å². The topological polar surface area (TPSA) is 69.4 Å². The third-order valence-corrected chi connectivity index (χ3v) is 2.48. The van der Waals surface area contributed by atoms with E-state index in [1.54, 1.807) is 6.07 Å². The van der Waals surface area contributed by atoms with E-state index in [9.17, 15) is 9.59 Å². The molecule has 16 heavy (non-hydrogen) atoms. The first kappa shape index (κ1) is 10.9. The summed E-state index contributed by atoms with van der Waals surface area (Å²) < 4.78 is 10.1. The number of ketones is 1. The summed E-state index contributed by atoms with van der Waals surface area (Å²) in [7, 11) is 0. The van der Waals surface area contributed by atoms with Gasteiger partial charge in [0.1, 0.15) is 12.2 Å². The molecule has 1 aliphatic rings. The van der Waals surface area contributed by atoms with Crippen LogP contribution in [0.5, 0.6) is 0 Å². The smallest absolute Gasteiger partial charge is 0.314 e. The second-order valence-electron chi connectivity index (χ2n) is 4.21. The largest absolute Gasteiger partial charge is 0.453 e. The molecule has 0 aromatic carbocycles. The Kier molecular flexibility index (Phi) is 2.77. The van der Waals surface area contributed by atoms with Crippen LogP contribution in [0.15, 0.2) is 10.6 Å². The van der Waals surface area contributed by atoms with E-state index in [1.807, 2.05) is 13.8 Å². The zero-order valence-electron chi connectivity index (χ0n) is 9.23. The Morgan fingerprint density at radius 3 is 2.75 bits per heavy atom. The quantitative estimate of drug-likeness (QED) is 0.564. The molecule has 0 radical (unpaired) electrons. The van der Waals surface area contributed by atoms with Gasteiger partial charge in [0.15, 0.2) is 11.9 Å². The van der Waals surface area contributed by atoms with Crippen molar-refractivity contribution in [3.8, 4) is 0 Å². The molecule has 0 aliphatic carbocycles. The van der Waals surface area contributed by atoms with Crippen LogP contribution in [-0.4, -0.2) is 16.9 Å². The van der Waals surface area contributed by atoms with Crippen LogP contribution in [0, 0.1) is 0 Å². The van der Waals surface area contributed by atoms with Crippen molar-refractivity contribution in [2.45, 2.75) is 38.7 Å². The highest BCUT2D eigenvalue weighted by atomic mass is 16.6. The van der Waals surface area contributed by atoms with Gasteiger partial charge in [-0.1, -0.05) is 19.0 Å². The number of nitrogens with zero attached hydrogens (tertiary/aromatic N) is 1. The number of esters is 1. The predicted molar refractivity (Wildman–Crippen MR) is 53.7 cm³/mol. The van der Waals surface area contributed by atoms with Crippen molar-refractivity contribution in [3.05, 3.63) is 17.5 Å². The fraction of sp³-hybridized carbons (Fsp3) is 0.545. The number of cyclic esters (lactones) is 1. The second-order valence-corrected chi connectivity index (χ2v) is 4.21. The lowest BCUT2D eigenvalue weighted by atomic mass is 10.0. The zero-order chi connectivity index (χ0) is 11.7. The molecule has 5 nitrogen and oxygen atoms in total. The number of ether oxygens (including phenoxy) is 1. The third-order valence-electron chi connectivity index (χ3n) is 2.48. The van der Waals surface area contributed by atoms with Crippen LogP contribution in [0.25, 0.3) is 0 Å². The minimum absolute atomic E-state index is 0.122. The van der Waals surface area contributed by atoms with E-state index in [0.29, 0.717) is 5.76 Å². The predicted octanol–water partition coefficient (Wildman–Crippen LogP) is 1.75. The molecule has 1 aliphatic heterocycles. The highest BCUT2D eigenvalue weighted by Gasteiger charge is 2.30. The standard InChI is InChI=1S/C11H13NO4/c1-6(2)8-5-10(16-12-8)9-3-7(13)4-11(14)15-9/h5-6,9H,3-4H2,1-2H3. The van der Waals surface area contributed by atoms with E-state index in [4.69, 9.17) is 9.26 Å². The van der Waals surface area contributed by atoms with Gasteiger partial charge in [-0.25, -0.2) is 0 Å². The van der Waals surface area contributed by atoms with Gasteiger partial charge in [0.2, 0.25) is 0 Å². The maximum atomic E-state index is 11.2. The summed E-state index contributed by atoms with van der Waals surface area (Å²) in [5.74, 6) is 0.0742. The van der Waals surface area contributed by atoms with Crippen molar-refractivity contribution in [3.63, 3.8) is 0 Å². The second kappa shape index (κ2) is 4.08. The van der Waals surface area contributed by atoms with E-state index >= 15 is 0 Å². The van der Waals surface area contributed by atoms with Crippen LogP contribution in [0.2, 0.25) is 0 Å². The van der Waals surface area contributed by atoms with Crippen molar-refractivity contribution in [2.75, 3.05) is 0 Å². The number of aromatic nitrogens is 1. The number of Topliss-reactive ketones (excluding diaryl/α,β-unsaturated/α-hetero) is 1. The fourth-order valence-electron chi connectivity index (χ4n) is 1.57. The monoisotopic (exact) mass is 223 g/mol. The van der Waals surface area contributed by atoms with E-state index in [-0.39, 0.29) is 24.5 Å². The summed E-state index contributed by atoms with van der Waals surface area (Å²) in [6.45, 7) is 3.97. The summed E-state index contributed by atoms with van der Waals surface area (Å²) in [5.41, 5.74) is 0.795. The van der Waals surface area contributed by atoms with Gasteiger partial charge in [0, 0.05) is 6.07 Å². The first-order chi connectivity index (χ1) is 7.56. The molecule has 1 unspecified atom stereocenters. The molecule has 1 aromatic heterocycles. The maximum Gasteiger partial charge on any atom is 0.314 e. The Morgan fingerprint density at radius 1 is 1.44 bits per heavy atom. The van der Waals surface area contributed by atoms with Crippen LogP contribution in [0.3, 0.4) is 0 Å². The van der Waals surface area contributed by atoms with E-state index < -0.39 is 12.1 Å². The zero-order valence-corrected chi connectivity index (χ0v) is 9.23.